The first kappa shape index (κ1) is 39.9. The van der Waals surface area contributed by atoms with Gasteiger partial charge in [0, 0.05) is 36.9 Å². The highest BCUT2D eigenvalue weighted by Crippen LogP contribution is 2.51. The number of aromatic nitrogens is 2. The molecular formula is C68H40N2S. The molecule has 0 aliphatic heterocycles. The molecule has 0 unspecified atom stereocenters. The summed E-state index contributed by atoms with van der Waals surface area (Å²) >= 11 is 1.90. The van der Waals surface area contributed by atoms with E-state index in [9.17, 15) is 0 Å². The fourth-order valence-corrected chi connectivity index (χ4v) is 12.9. The summed E-state index contributed by atoms with van der Waals surface area (Å²) in [6.07, 6.45) is 0. The van der Waals surface area contributed by atoms with Gasteiger partial charge in [0.15, 0.2) is 5.82 Å². The fraction of sp³-hybridized carbons (Fsp3) is 0. The van der Waals surface area contributed by atoms with Crippen LogP contribution in [0.15, 0.2) is 243 Å². The molecule has 0 aliphatic rings. The summed E-state index contributed by atoms with van der Waals surface area (Å²) in [6, 6.07) is 88.8. The van der Waals surface area contributed by atoms with Crippen molar-refractivity contribution in [2.45, 2.75) is 0 Å². The largest absolute Gasteiger partial charge is 0.228 e. The third-order valence-corrected chi connectivity index (χ3v) is 15.9. The Morgan fingerprint density at radius 2 is 0.592 bits per heavy atom. The first-order chi connectivity index (χ1) is 35.2. The maximum atomic E-state index is 5.41. The van der Waals surface area contributed by atoms with Crippen LogP contribution in [0, 0.1) is 0 Å². The van der Waals surface area contributed by atoms with E-state index in [-0.39, 0.29) is 0 Å². The van der Waals surface area contributed by atoms with Crippen molar-refractivity contribution >= 4 is 107 Å². The van der Waals surface area contributed by atoms with Crippen molar-refractivity contribution in [3.05, 3.63) is 243 Å². The molecule has 0 aliphatic carbocycles. The molecule has 0 bridgehead atoms. The van der Waals surface area contributed by atoms with E-state index in [1.54, 1.807) is 0 Å². The second-order valence-corrected chi connectivity index (χ2v) is 19.8. The molecule has 15 aromatic rings. The van der Waals surface area contributed by atoms with Crippen LogP contribution in [0.2, 0.25) is 0 Å². The SMILES string of the molecule is c1ccc(-c2cc(-c3c4ccccc4c(-c4c5ccccc5c(-c5ccc6c(c5)sc5cc7c8ccccc8c8ccccc8c7cc56)c5ccccc45)c4ccccc34)nc(-c3ccccc3)n2)cc1. The molecule has 0 amide bonds. The van der Waals surface area contributed by atoms with Crippen LogP contribution >= 0.6 is 11.3 Å². The van der Waals surface area contributed by atoms with E-state index < -0.39 is 0 Å². The van der Waals surface area contributed by atoms with Crippen molar-refractivity contribution in [1.29, 1.82) is 0 Å². The Labute approximate surface area is 413 Å². The molecule has 2 heterocycles. The molecule has 0 N–H and O–H groups in total. The second kappa shape index (κ2) is 15.8. The highest BCUT2D eigenvalue weighted by molar-refractivity contribution is 7.26. The van der Waals surface area contributed by atoms with E-state index in [4.69, 9.17) is 9.97 Å². The number of thiophene rings is 1. The lowest BCUT2D eigenvalue weighted by Crippen LogP contribution is -1.98. The highest BCUT2D eigenvalue weighted by Gasteiger charge is 2.24. The van der Waals surface area contributed by atoms with E-state index >= 15 is 0 Å². The van der Waals surface area contributed by atoms with Crippen LogP contribution in [-0.4, -0.2) is 9.97 Å². The Hall–Kier alpha value is -9.02. The second-order valence-electron chi connectivity index (χ2n) is 18.7. The predicted octanol–water partition coefficient (Wildman–Crippen LogP) is 19.3. The molecule has 2 nitrogen and oxygen atoms in total. The zero-order chi connectivity index (χ0) is 46.6. The average molecular weight is 917 g/mol. The third kappa shape index (κ3) is 6.13. The number of rotatable bonds is 5. The number of fused-ring (bicyclic) bond motifs is 13. The van der Waals surface area contributed by atoms with Gasteiger partial charge in [-0.3, -0.25) is 0 Å². The van der Waals surface area contributed by atoms with Gasteiger partial charge >= 0.3 is 0 Å². The monoisotopic (exact) mass is 916 g/mol. The first-order valence-electron chi connectivity index (χ1n) is 24.3. The van der Waals surface area contributed by atoms with Crippen LogP contribution < -0.4 is 0 Å². The maximum absolute atomic E-state index is 5.41. The van der Waals surface area contributed by atoms with Gasteiger partial charge in [-0.05, 0) is 122 Å². The van der Waals surface area contributed by atoms with Gasteiger partial charge in [-0.25, -0.2) is 9.97 Å². The smallest absolute Gasteiger partial charge is 0.160 e. The van der Waals surface area contributed by atoms with Crippen molar-refractivity contribution in [1.82, 2.24) is 9.97 Å². The van der Waals surface area contributed by atoms with Crippen molar-refractivity contribution in [3.8, 4) is 56.2 Å². The minimum Gasteiger partial charge on any atom is -0.228 e. The number of benzene rings is 13. The topological polar surface area (TPSA) is 25.8 Å². The molecule has 0 radical (unpaired) electrons. The molecule has 0 saturated carbocycles. The van der Waals surface area contributed by atoms with Gasteiger partial charge in [-0.2, -0.15) is 0 Å². The fourth-order valence-electron chi connectivity index (χ4n) is 11.8. The predicted molar refractivity (Wildman–Crippen MR) is 305 cm³/mol. The Bertz CT molecular complexity index is 4520. The first-order valence-corrected chi connectivity index (χ1v) is 25.1. The summed E-state index contributed by atoms with van der Waals surface area (Å²) in [5.74, 6) is 0.705. The zero-order valence-corrected chi connectivity index (χ0v) is 39.2. The molecule has 0 atom stereocenters. The lowest BCUT2D eigenvalue weighted by Gasteiger charge is -2.22. The Morgan fingerprint density at radius 1 is 0.211 bits per heavy atom. The number of hydrogen-bond acceptors (Lipinski definition) is 3. The summed E-state index contributed by atoms with van der Waals surface area (Å²) in [5, 5.41) is 20.0. The van der Waals surface area contributed by atoms with Gasteiger partial charge in [0.2, 0.25) is 0 Å². The molecule has 71 heavy (non-hydrogen) atoms. The molecule has 0 saturated heterocycles. The standard InChI is InChI=1S/C68H40N2S/c1-3-19-41(20-4-1)60-40-61(70-68(69-60)42-21-5-2-6-22-42)65-51-29-13-17-33-55(51)67(56-34-18-14-30-52(56)65)66-53-31-15-11-27-49(53)64(50-28-12-16-32-54(50)66)43-35-36-48-59-38-57-46-25-9-7-23-44(46)45-24-8-10-26-47(45)58(57)39-63(59)71-62(48)37-43/h1-40H. The molecule has 0 fully saturated rings. The number of nitrogens with zero attached hydrogens (tertiary/aromatic N) is 2. The van der Waals surface area contributed by atoms with Crippen molar-refractivity contribution in [3.63, 3.8) is 0 Å². The molecule has 2 aromatic heterocycles. The van der Waals surface area contributed by atoms with E-state index in [1.807, 2.05) is 17.4 Å². The van der Waals surface area contributed by atoms with Crippen molar-refractivity contribution in [2.24, 2.45) is 0 Å². The normalized spacial score (nSPS) is 11.9. The summed E-state index contributed by atoms with van der Waals surface area (Å²) in [4.78, 5) is 10.6. The van der Waals surface area contributed by atoms with Gasteiger partial charge < -0.3 is 0 Å². The Kier molecular flexibility index (Phi) is 8.86. The van der Waals surface area contributed by atoms with Crippen LogP contribution in [0.5, 0.6) is 0 Å². The Morgan fingerprint density at radius 3 is 1.10 bits per heavy atom. The molecule has 13 aromatic carbocycles. The Balaban J connectivity index is 0.975. The summed E-state index contributed by atoms with van der Waals surface area (Å²) < 4.78 is 2.61. The third-order valence-electron chi connectivity index (χ3n) is 14.8. The molecule has 15 rings (SSSR count). The van der Waals surface area contributed by atoms with E-state index in [0.717, 1.165) is 38.9 Å². The molecular weight excluding hydrogens is 877 g/mol. The average Bonchev–Trinajstić information content (AvgIpc) is 3.80. The van der Waals surface area contributed by atoms with Crippen LogP contribution in [0.25, 0.3) is 152 Å². The molecule has 328 valence electrons. The zero-order valence-electron chi connectivity index (χ0n) is 38.4. The van der Waals surface area contributed by atoms with Crippen LogP contribution in [-0.2, 0) is 0 Å². The summed E-state index contributed by atoms with van der Waals surface area (Å²) in [5.41, 5.74) is 9.88. The van der Waals surface area contributed by atoms with E-state index in [2.05, 4.69) is 237 Å². The summed E-state index contributed by atoms with van der Waals surface area (Å²) in [6.45, 7) is 0. The van der Waals surface area contributed by atoms with E-state index in [1.165, 1.54) is 107 Å². The lowest BCUT2D eigenvalue weighted by atomic mass is 9.81. The van der Waals surface area contributed by atoms with Gasteiger partial charge in [0.25, 0.3) is 0 Å². The van der Waals surface area contributed by atoms with Crippen molar-refractivity contribution < 1.29 is 0 Å². The summed E-state index contributed by atoms with van der Waals surface area (Å²) in [7, 11) is 0. The molecule has 3 heteroatoms. The van der Waals surface area contributed by atoms with Crippen LogP contribution in [0.4, 0.5) is 0 Å². The number of hydrogen-bond donors (Lipinski definition) is 0. The quantitative estimate of drug-likeness (QED) is 0.127. The van der Waals surface area contributed by atoms with Crippen LogP contribution in [0.3, 0.4) is 0 Å². The minimum absolute atomic E-state index is 0.705. The van der Waals surface area contributed by atoms with Crippen LogP contribution in [0.1, 0.15) is 0 Å². The lowest BCUT2D eigenvalue weighted by molar-refractivity contribution is 1.19. The molecule has 0 spiro atoms. The van der Waals surface area contributed by atoms with Crippen molar-refractivity contribution in [2.75, 3.05) is 0 Å². The van der Waals surface area contributed by atoms with Gasteiger partial charge in [0.1, 0.15) is 0 Å². The van der Waals surface area contributed by atoms with Gasteiger partial charge in [0.05, 0.1) is 11.4 Å². The maximum Gasteiger partial charge on any atom is 0.160 e. The van der Waals surface area contributed by atoms with Gasteiger partial charge in [-0.1, -0.05) is 218 Å². The highest BCUT2D eigenvalue weighted by atomic mass is 32.1. The van der Waals surface area contributed by atoms with Gasteiger partial charge in [-0.15, -0.1) is 11.3 Å². The minimum atomic E-state index is 0.705. The van der Waals surface area contributed by atoms with E-state index in [0.29, 0.717) is 5.82 Å².